The molecule has 2 aliphatic rings. The quantitative estimate of drug-likeness (QED) is 0.844. The van der Waals surface area contributed by atoms with Gasteiger partial charge in [0.1, 0.15) is 5.82 Å². The molecule has 3 rings (SSSR count). The molecule has 2 saturated heterocycles. The Kier molecular flexibility index (Phi) is 3.14. The Hall–Kier alpha value is -1.62. The zero-order valence-corrected chi connectivity index (χ0v) is 10.7. The molecule has 19 heavy (non-hydrogen) atoms. The van der Waals surface area contributed by atoms with Gasteiger partial charge in [0.25, 0.3) is 0 Å². The summed E-state index contributed by atoms with van der Waals surface area (Å²) >= 11 is 0. The van der Waals surface area contributed by atoms with E-state index in [9.17, 15) is 9.18 Å². The Morgan fingerprint density at radius 3 is 2.84 bits per heavy atom. The first-order chi connectivity index (χ1) is 9.13. The number of nitrogens with one attached hydrogen (secondary N) is 1. The van der Waals surface area contributed by atoms with Gasteiger partial charge in [0.15, 0.2) is 0 Å². The van der Waals surface area contributed by atoms with Crippen molar-refractivity contribution in [2.75, 3.05) is 18.0 Å². The Balaban J connectivity index is 1.83. The molecule has 4 nitrogen and oxygen atoms in total. The fraction of sp³-hybridized carbons (Fsp3) is 0.500. The maximum atomic E-state index is 14.1. The normalized spacial score (nSPS) is 26.3. The van der Waals surface area contributed by atoms with E-state index < -0.39 is 5.91 Å². The molecule has 2 fully saturated rings. The van der Waals surface area contributed by atoms with Crippen molar-refractivity contribution in [3.8, 4) is 0 Å². The first kappa shape index (κ1) is 12.4. The van der Waals surface area contributed by atoms with Crippen LogP contribution < -0.4 is 16.0 Å². The summed E-state index contributed by atoms with van der Waals surface area (Å²) in [4.78, 5) is 13.1. The number of carbonyl (C=O) groups is 1. The summed E-state index contributed by atoms with van der Waals surface area (Å²) in [7, 11) is 0. The number of rotatable bonds is 2. The van der Waals surface area contributed by atoms with Crippen molar-refractivity contribution in [2.24, 2.45) is 5.73 Å². The van der Waals surface area contributed by atoms with Crippen LogP contribution in [-0.4, -0.2) is 31.1 Å². The zero-order chi connectivity index (χ0) is 13.4. The van der Waals surface area contributed by atoms with Gasteiger partial charge in [-0.15, -0.1) is 0 Å². The zero-order valence-electron chi connectivity index (χ0n) is 10.7. The van der Waals surface area contributed by atoms with Crippen molar-refractivity contribution < 1.29 is 9.18 Å². The Labute approximate surface area is 111 Å². The van der Waals surface area contributed by atoms with Gasteiger partial charge in [0.2, 0.25) is 5.91 Å². The smallest absolute Gasteiger partial charge is 0.248 e. The van der Waals surface area contributed by atoms with Crippen LogP contribution in [0.5, 0.6) is 0 Å². The SMILES string of the molecule is NC(=O)c1ccc(N2CCC3CCC(C2)N3)c(F)c1. The summed E-state index contributed by atoms with van der Waals surface area (Å²) in [6, 6.07) is 5.51. The second-order valence-electron chi connectivity index (χ2n) is 5.40. The number of primary amides is 1. The van der Waals surface area contributed by atoms with Gasteiger partial charge in [0.05, 0.1) is 5.69 Å². The summed E-state index contributed by atoms with van der Waals surface area (Å²) in [5.74, 6) is -0.962. The fourth-order valence-electron chi connectivity index (χ4n) is 3.08. The summed E-state index contributed by atoms with van der Waals surface area (Å²) in [5.41, 5.74) is 5.94. The molecule has 2 heterocycles. The highest BCUT2D eigenvalue weighted by molar-refractivity contribution is 5.93. The average Bonchev–Trinajstić information content (AvgIpc) is 2.70. The van der Waals surface area contributed by atoms with Crippen LogP contribution in [0.1, 0.15) is 29.6 Å². The minimum atomic E-state index is -0.595. The van der Waals surface area contributed by atoms with E-state index in [0.717, 1.165) is 25.9 Å². The second-order valence-corrected chi connectivity index (χ2v) is 5.40. The number of nitrogens with zero attached hydrogens (tertiary/aromatic N) is 1. The van der Waals surface area contributed by atoms with E-state index in [0.29, 0.717) is 17.8 Å². The average molecular weight is 263 g/mol. The molecule has 3 N–H and O–H groups in total. The Bertz CT molecular complexity index is 505. The lowest BCUT2D eigenvalue weighted by Crippen LogP contribution is -2.35. The van der Waals surface area contributed by atoms with Crippen molar-refractivity contribution in [3.63, 3.8) is 0 Å². The predicted molar refractivity (Wildman–Crippen MR) is 71.7 cm³/mol. The van der Waals surface area contributed by atoms with Crippen LogP contribution in [-0.2, 0) is 0 Å². The number of benzene rings is 1. The predicted octanol–water partition coefficient (Wildman–Crippen LogP) is 1.26. The molecule has 2 aliphatic heterocycles. The number of hydrogen-bond donors (Lipinski definition) is 2. The van der Waals surface area contributed by atoms with E-state index in [1.807, 2.05) is 0 Å². The number of anilines is 1. The van der Waals surface area contributed by atoms with E-state index in [1.165, 1.54) is 12.5 Å². The van der Waals surface area contributed by atoms with Crippen LogP contribution in [0.3, 0.4) is 0 Å². The maximum Gasteiger partial charge on any atom is 0.248 e. The van der Waals surface area contributed by atoms with Gasteiger partial charge >= 0.3 is 0 Å². The highest BCUT2D eigenvalue weighted by Crippen LogP contribution is 2.27. The summed E-state index contributed by atoms with van der Waals surface area (Å²) < 4.78 is 14.1. The van der Waals surface area contributed by atoms with Gasteiger partial charge in [-0.3, -0.25) is 4.79 Å². The fourth-order valence-corrected chi connectivity index (χ4v) is 3.08. The third kappa shape index (κ3) is 2.42. The van der Waals surface area contributed by atoms with E-state index >= 15 is 0 Å². The number of amides is 1. The maximum absolute atomic E-state index is 14.1. The third-order valence-electron chi connectivity index (χ3n) is 4.10. The van der Waals surface area contributed by atoms with E-state index in [1.54, 1.807) is 12.1 Å². The van der Waals surface area contributed by atoms with E-state index in [-0.39, 0.29) is 11.4 Å². The molecule has 5 heteroatoms. The number of fused-ring (bicyclic) bond motifs is 2. The number of halogens is 1. The standard InChI is InChI=1S/C14H18FN3O/c15-12-7-9(14(16)19)1-4-13(12)18-6-5-10-2-3-11(8-18)17-10/h1,4,7,10-11,17H,2-3,5-6,8H2,(H2,16,19). The second kappa shape index (κ2) is 4.81. The molecule has 2 atom stereocenters. The molecule has 0 radical (unpaired) electrons. The van der Waals surface area contributed by atoms with E-state index in [2.05, 4.69) is 10.2 Å². The highest BCUT2D eigenvalue weighted by Gasteiger charge is 2.30. The molecule has 0 aromatic heterocycles. The molecule has 2 bridgehead atoms. The summed E-state index contributed by atoms with van der Waals surface area (Å²) in [5, 5.41) is 3.56. The van der Waals surface area contributed by atoms with Crippen molar-refractivity contribution in [1.82, 2.24) is 5.32 Å². The third-order valence-corrected chi connectivity index (χ3v) is 4.10. The lowest BCUT2D eigenvalue weighted by Gasteiger charge is -2.26. The van der Waals surface area contributed by atoms with Gasteiger partial charge in [-0.1, -0.05) is 0 Å². The summed E-state index contributed by atoms with van der Waals surface area (Å²) in [6.07, 6.45) is 3.41. The molecule has 102 valence electrons. The molecule has 0 saturated carbocycles. The number of hydrogen-bond acceptors (Lipinski definition) is 3. The van der Waals surface area contributed by atoms with Crippen LogP contribution in [0.15, 0.2) is 18.2 Å². The van der Waals surface area contributed by atoms with Crippen LogP contribution in [0, 0.1) is 5.82 Å². The highest BCUT2D eigenvalue weighted by atomic mass is 19.1. The van der Waals surface area contributed by atoms with Crippen LogP contribution in [0.2, 0.25) is 0 Å². The Morgan fingerprint density at radius 2 is 2.11 bits per heavy atom. The van der Waals surface area contributed by atoms with Crippen molar-refractivity contribution in [1.29, 1.82) is 0 Å². The monoisotopic (exact) mass is 263 g/mol. The van der Waals surface area contributed by atoms with Crippen molar-refractivity contribution in [3.05, 3.63) is 29.6 Å². The summed E-state index contributed by atoms with van der Waals surface area (Å²) in [6.45, 7) is 1.67. The van der Waals surface area contributed by atoms with Crippen molar-refractivity contribution in [2.45, 2.75) is 31.3 Å². The van der Waals surface area contributed by atoms with E-state index in [4.69, 9.17) is 5.73 Å². The molecule has 1 aromatic rings. The topological polar surface area (TPSA) is 58.4 Å². The van der Waals surface area contributed by atoms with Crippen LogP contribution >= 0.6 is 0 Å². The van der Waals surface area contributed by atoms with Gasteiger partial charge in [-0.2, -0.15) is 0 Å². The van der Waals surface area contributed by atoms with Gasteiger partial charge in [0, 0.05) is 30.7 Å². The Morgan fingerprint density at radius 1 is 1.32 bits per heavy atom. The van der Waals surface area contributed by atoms with Crippen LogP contribution in [0.25, 0.3) is 0 Å². The van der Waals surface area contributed by atoms with Crippen molar-refractivity contribution >= 4 is 11.6 Å². The molecular formula is C14H18FN3O. The first-order valence-corrected chi connectivity index (χ1v) is 6.74. The molecule has 1 amide bonds. The molecule has 0 aliphatic carbocycles. The molecule has 0 spiro atoms. The molecule has 2 unspecified atom stereocenters. The minimum Gasteiger partial charge on any atom is -0.368 e. The van der Waals surface area contributed by atoms with Gasteiger partial charge in [-0.05, 0) is 37.5 Å². The van der Waals surface area contributed by atoms with Crippen LogP contribution in [0.4, 0.5) is 10.1 Å². The number of nitrogens with two attached hydrogens (primary N) is 1. The minimum absolute atomic E-state index is 0.218. The van der Waals surface area contributed by atoms with Gasteiger partial charge in [-0.25, -0.2) is 4.39 Å². The first-order valence-electron chi connectivity index (χ1n) is 6.74. The lowest BCUT2D eigenvalue weighted by atomic mass is 10.1. The molecule has 1 aromatic carbocycles. The number of carbonyl (C=O) groups excluding carboxylic acids is 1. The largest absolute Gasteiger partial charge is 0.368 e. The van der Waals surface area contributed by atoms with Gasteiger partial charge < -0.3 is 16.0 Å². The lowest BCUT2D eigenvalue weighted by molar-refractivity contribution is 0.1000. The molecular weight excluding hydrogens is 245 g/mol.